The Hall–Kier alpha value is -3.85. The van der Waals surface area contributed by atoms with Gasteiger partial charge in [-0.05, 0) is 73.8 Å². The molecule has 2 N–H and O–H groups in total. The number of anilines is 2. The number of carbonyl (C=O) groups is 2. The number of carbonyl (C=O) groups excluding carboxylic acids is 2. The second kappa shape index (κ2) is 10.5. The lowest BCUT2D eigenvalue weighted by molar-refractivity contribution is -0.385. The molecular formula is C23H21N3O5S. The first-order chi connectivity index (χ1) is 15.4. The monoisotopic (exact) mass is 451 g/mol. The molecule has 3 aromatic rings. The number of amides is 2. The maximum atomic E-state index is 12.6. The lowest BCUT2D eigenvalue weighted by Gasteiger charge is -2.09. The van der Waals surface area contributed by atoms with Crippen molar-refractivity contribution < 1.29 is 19.2 Å². The fraction of sp³-hybridized carbons (Fsp3) is 0.130. The van der Waals surface area contributed by atoms with Crippen molar-refractivity contribution in [1.29, 1.82) is 0 Å². The molecule has 0 saturated heterocycles. The van der Waals surface area contributed by atoms with Crippen molar-refractivity contribution in [1.82, 2.24) is 0 Å². The van der Waals surface area contributed by atoms with E-state index in [1.54, 1.807) is 54.6 Å². The second-order valence-electron chi connectivity index (χ2n) is 6.58. The molecule has 0 bridgehead atoms. The molecule has 0 aliphatic heterocycles. The molecule has 0 aliphatic rings. The van der Waals surface area contributed by atoms with Gasteiger partial charge in [-0.3, -0.25) is 19.7 Å². The standard InChI is InChI=1S/C23H21N3O5S/c1-3-31-18-10-8-17(9-11-18)24-22(27)15-4-6-16(7-5-15)25-23(28)20-14-19(32-2)12-13-21(20)26(29)30/h4-14H,3H2,1-2H3,(H,24,27)(H,25,28). The molecule has 0 spiro atoms. The van der Waals surface area contributed by atoms with Crippen LogP contribution in [0.4, 0.5) is 17.1 Å². The normalized spacial score (nSPS) is 10.3. The summed E-state index contributed by atoms with van der Waals surface area (Å²) in [7, 11) is 0. The van der Waals surface area contributed by atoms with Gasteiger partial charge < -0.3 is 15.4 Å². The first kappa shape index (κ1) is 22.8. The Morgan fingerprint density at radius 1 is 0.938 bits per heavy atom. The minimum atomic E-state index is -0.598. The molecule has 0 aliphatic carbocycles. The van der Waals surface area contributed by atoms with E-state index < -0.39 is 10.8 Å². The van der Waals surface area contributed by atoms with Crippen molar-refractivity contribution in [3.05, 3.63) is 88.0 Å². The number of hydrogen-bond donors (Lipinski definition) is 2. The van der Waals surface area contributed by atoms with E-state index in [1.807, 2.05) is 13.2 Å². The smallest absolute Gasteiger partial charge is 0.282 e. The lowest BCUT2D eigenvalue weighted by atomic mass is 10.1. The molecule has 9 heteroatoms. The summed E-state index contributed by atoms with van der Waals surface area (Å²) < 4.78 is 5.37. The van der Waals surface area contributed by atoms with Crippen LogP contribution in [0, 0.1) is 10.1 Å². The van der Waals surface area contributed by atoms with E-state index in [9.17, 15) is 19.7 Å². The number of rotatable bonds is 8. The third kappa shape index (κ3) is 5.64. The molecule has 8 nitrogen and oxygen atoms in total. The van der Waals surface area contributed by atoms with Gasteiger partial charge in [-0.15, -0.1) is 11.8 Å². The zero-order chi connectivity index (χ0) is 23.1. The average molecular weight is 452 g/mol. The molecule has 0 radical (unpaired) electrons. The van der Waals surface area contributed by atoms with Crippen LogP contribution in [0.5, 0.6) is 5.75 Å². The van der Waals surface area contributed by atoms with Crippen LogP contribution in [0.15, 0.2) is 71.6 Å². The maximum Gasteiger partial charge on any atom is 0.282 e. The van der Waals surface area contributed by atoms with Gasteiger partial charge >= 0.3 is 0 Å². The number of thioether (sulfide) groups is 1. The van der Waals surface area contributed by atoms with Gasteiger partial charge in [0.1, 0.15) is 11.3 Å². The largest absolute Gasteiger partial charge is 0.494 e. The summed E-state index contributed by atoms with van der Waals surface area (Å²) in [6, 6.07) is 17.7. The molecule has 3 rings (SSSR count). The number of ether oxygens (including phenoxy) is 1. The minimum Gasteiger partial charge on any atom is -0.494 e. The Kier molecular flexibility index (Phi) is 7.45. The Morgan fingerprint density at radius 2 is 1.53 bits per heavy atom. The molecule has 2 amide bonds. The molecule has 0 heterocycles. The minimum absolute atomic E-state index is 0.0285. The van der Waals surface area contributed by atoms with Crippen molar-refractivity contribution >= 4 is 40.6 Å². The SMILES string of the molecule is CCOc1ccc(NC(=O)c2ccc(NC(=O)c3cc(SC)ccc3[N+](=O)[O-])cc2)cc1. The molecule has 3 aromatic carbocycles. The van der Waals surface area contributed by atoms with Crippen LogP contribution in [0.1, 0.15) is 27.6 Å². The van der Waals surface area contributed by atoms with Crippen molar-refractivity contribution in [2.24, 2.45) is 0 Å². The van der Waals surface area contributed by atoms with Crippen LogP contribution in [-0.4, -0.2) is 29.6 Å². The van der Waals surface area contributed by atoms with Crippen LogP contribution in [0.25, 0.3) is 0 Å². The summed E-state index contributed by atoms with van der Waals surface area (Å²) in [6.07, 6.45) is 1.82. The summed E-state index contributed by atoms with van der Waals surface area (Å²) in [4.78, 5) is 36.5. The van der Waals surface area contributed by atoms with Crippen LogP contribution < -0.4 is 15.4 Å². The fourth-order valence-corrected chi connectivity index (χ4v) is 3.33. The number of nitrogens with zero attached hydrogens (tertiary/aromatic N) is 1. The fourth-order valence-electron chi connectivity index (χ4n) is 2.89. The Balaban J connectivity index is 1.68. The number of hydrogen-bond acceptors (Lipinski definition) is 6. The van der Waals surface area contributed by atoms with Gasteiger partial charge in [-0.2, -0.15) is 0 Å². The Morgan fingerprint density at radius 3 is 2.09 bits per heavy atom. The molecule has 164 valence electrons. The zero-order valence-electron chi connectivity index (χ0n) is 17.5. The third-order valence-corrected chi connectivity index (χ3v) is 5.20. The van der Waals surface area contributed by atoms with E-state index in [1.165, 1.54) is 23.9 Å². The molecule has 0 atom stereocenters. The topological polar surface area (TPSA) is 111 Å². The van der Waals surface area contributed by atoms with Crippen molar-refractivity contribution in [2.45, 2.75) is 11.8 Å². The van der Waals surface area contributed by atoms with E-state index in [0.717, 1.165) is 4.90 Å². The summed E-state index contributed by atoms with van der Waals surface area (Å²) in [5.74, 6) is -0.191. The highest BCUT2D eigenvalue weighted by molar-refractivity contribution is 7.98. The first-order valence-electron chi connectivity index (χ1n) is 9.69. The van der Waals surface area contributed by atoms with Gasteiger partial charge in [0, 0.05) is 27.9 Å². The number of nitrogens with one attached hydrogen (secondary N) is 2. The van der Waals surface area contributed by atoms with Gasteiger partial charge in [-0.25, -0.2) is 0 Å². The summed E-state index contributed by atoms with van der Waals surface area (Å²) in [6.45, 7) is 2.45. The van der Waals surface area contributed by atoms with Gasteiger partial charge in [0.15, 0.2) is 0 Å². The van der Waals surface area contributed by atoms with E-state index in [-0.39, 0.29) is 17.2 Å². The van der Waals surface area contributed by atoms with Gasteiger partial charge in [0.2, 0.25) is 0 Å². The van der Waals surface area contributed by atoms with Crippen molar-refractivity contribution in [3.8, 4) is 5.75 Å². The van der Waals surface area contributed by atoms with Crippen LogP contribution >= 0.6 is 11.8 Å². The molecule has 0 saturated carbocycles. The number of benzene rings is 3. The predicted octanol–water partition coefficient (Wildman–Crippen LogP) is 5.22. The average Bonchev–Trinajstić information content (AvgIpc) is 2.80. The molecule has 0 unspecified atom stereocenters. The van der Waals surface area contributed by atoms with Gasteiger partial charge in [0.25, 0.3) is 17.5 Å². The zero-order valence-corrected chi connectivity index (χ0v) is 18.3. The molecule has 32 heavy (non-hydrogen) atoms. The molecule has 0 fully saturated rings. The number of nitro groups is 1. The highest BCUT2D eigenvalue weighted by atomic mass is 32.2. The molecular weight excluding hydrogens is 430 g/mol. The lowest BCUT2D eigenvalue weighted by Crippen LogP contribution is -2.15. The van der Waals surface area contributed by atoms with Gasteiger partial charge in [-0.1, -0.05) is 0 Å². The predicted molar refractivity (Wildman–Crippen MR) is 125 cm³/mol. The van der Waals surface area contributed by atoms with Gasteiger partial charge in [0.05, 0.1) is 11.5 Å². The van der Waals surface area contributed by atoms with Crippen molar-refractivity contribution in [2.75, 3.05) is 23.5 Å². The summed E-state index contributed by atoms with van der Waals surface area (Å²) in [5, 5.41) is 16.7. The van der Waals surface area contributed by atoms with Crippen LogP contribution in [0.3, 0.4) is 0 Å². The highest BCUT2D eigenvalue weighted by Gasteiger charge is 2.21. The molecule has 0 aromatic heterocycles. The first-order valence-corrected chi connectivity index (χ1v) is 10.9. The Labute approximate surface area is 189 Å². The van der Waals surface area contributed by atoms with E-state index >= 15 is 0 Å². The van der Waals surface area contributed by atoms with Crippen LogP contribution in [-0.2, 0) is 0 Å². The van der Waals surface area contributed by atoms with E-state index in [4.69, 9.17) is 4.74 Å². The number of nitro benzene ring substituents is 1. The summed E-state index contributed by atoms with van der Waals surface area (Å²) in [5.41, 5.74) is 1.13. The Bertz CT molecular complexity index is 1130. The second-order valence-corrected chi connectivity index (χ2v) is 7.46. The quantitative estimate of drug-likeness (QED) is 0.276. The van der Waals surface area contributed by atoms with Crippen LogP contribution in [0.2, 0.25) is 0 Å². The maximum absolute atomic E-state index is 12.6. The van der Waals surface area contributed by atoms with E-state index in [0.29, 0.717) is 29.3 Å². The third-order valence-electron chi connectivity index (χ3n) is 4.47. The highest BCUT2D eigenvalue weighted by Crippen LogP contribution is 2.26. The van der Waals surface area contributed by atoms with E-state index in [2.05, 4.69) is 10.6 Å². The van der Waals surface area contributed by atoms with Crippen molar-refractivity contribution in [3.63, 3.8) is 0 Å². The summed E-state index contributed by atoms with van der Waals surface area (Å²) >= 11 is 1.38.